The molecule has 0 saturated carbocycles. The fourth-order valence-electron chi connectivity index (χ4n) is 3.78. The predicted molar refractivity (Wildman–Crippen MR) is 118 cm³/mol. The fraction of sp³-hybridized carbons (Fsp3) is 0.435. The monoisotopic (exact) mass is 425 g/mol. The number of aromatic nitrogens is 1. The van der Waals surface area contributed by atoms with Gasteiger partial charge in [0.25, 0.3) is 5.91 Å². The smallest absolute Gasteiger partial charge is 0.289 e. The van der Waals surface area contributed by atoms with Gasteiger partial charge in [-0.2, -0.15) is 0 Å². The van der Waals surface area contributed by atoms with E-state index in [0.29, 0.717) is 37.5 Å². The molecule has 7 heteroatoms. The second-order valence-electron chi connectivity index (χ2n) is 7.72. The van der Waals surface area contributed by atoms with Crippen molar-refractivity contribution >= 4 is 33.4 Å². The lowest BCUT2D eigenvalue weighted by Gasteiger charge is -2.30. The third kappa shape index (κ3) is 4.56. The van der Waals surface area contributed by atoms with E-state index >= 15 is 0 Å². The summed E-state index contributed by atoms with van der Waals surface area (Å²) in [4.78, 5) is 31.5. The molecule has 1 saturated heterocycles. The normalized spacial score (nSPS) is 14.9. The molecule has 2 aromatic heterocycles. The van der Waals surface area contributed by atoms with Crippen molar-refractivity contribution in [2.75, 3.05) is 19.6 Å². The van der Waals surface area contributed by atoms with E-state index in [1.807, 2.05) is 24.3 Å². The Balaban J connectivity index is 1.33. The van der Waals surface area contributed by atoms with Gasteiger partial charge in [-0.1, -0.05) is 31.9 Å². The van der Waals surface area contributed by atoms with Crippen LogP contribution in [-0.2, 0) is 4.79 Å². The van der Waals surface area contributed by atoms with Crippen molar-refractivity contribution in [3.05, 3.63) is 42.2 Å². The summed E-state index contributed by atoms with van der Waals surface area (Å²) in [6.45, 7) is 4.04. The highest BCUT2D eigenvalue weighted by atomic mass is 32.1. The van der Waals surface area contributed by atoms with E-state index in [2.05, 4.69) is 17.2 Å². The maximum absolute atomic E-state index is 12.9. The molecular weight excluding hydrogens is 398 g/mol. The predicted octanol–water partition coefficient (Wildman–Crippen LogP) is 4.71. The van der Waals surface area contributed by atoms with Gasteiger partial charge >= 0.3 is 0 Å². The molecule has 0 bridgehead atoms. The number of carbonyl (C=O) groups is 2. The quantitative estimate of drug-likeness (QED) is 0.556. The zero-order valence-electron chi connectivity index (χ0n) is 17.2. The molecule has 2 amide bonds. The first-order valence-corrected chi connectivity index (χ1v) is 11.5. The van der Waals surface area contributed by atoms with E-state index in [4.69, 9.17) is 4.42 Å². The lowest BCUT2D eigenvalue weighted by atomic mass is 9.95. The van der Waals surface area contributed by atoms with Gasteiger partial charge in [-0.05, 0) is 43.5 Å². The van der Waals surface area contributed by atoms with E-state index < -0.39 is 0 Å². The number of carbonyl (C=O) groups excluding carboxylic acids is 2. The number of thiazole rings is 1. The molecule has 3 aromatic rings. The maximum atomic E-state index is 12.9. The Labute approximate surface area is 180 Å². The number of benzene rings is 1. The SMILES string of the molecule is CCCCCNC(=O)C1CCN(C(=O)c2ccc(-c3nc4ccccc4s3)o2)CC1. The highest BCUT2D eigenvalue weighted by Gasteiger charge is 2.29. The summed E-state index contributed by atoms with van der Waals surface area (Å²) in [6, 6.07) is 11.5. The highest BCUT2D eigenvalue weighted by molar-refractivity contribution is 7.21. The first kappa shape index (κ1) is 20.6. The molecule has 0 unspecified atom stereocenters. The van der Waals surface area contributed by atoms with Crippen LogP contribution in [-0.4, -0.2) is 41.3 Å². The van der Waals surface area contributed by atoms with Crippen LogP contribution in [0.1, 0.15) is 49.6 Å². The van der Waals surface area contributed by atoms with E-state index in [9.17, 15) is 9.59 Å². The van der Waals surface area contributed by atoms with Gasteiger partial charge in [0.2, 0.25) is 5.91 Å². The van der Waals surface area contributed by atoms with Crippen molar-refractivity contribution < 1.29 is 14.0 Å². The largest absolute Gasteiger partial charge is 0.448 e. The molecule has 4 rings (SSSR count). The van der Waals surface area contributed by atoms with Gasteiger partial charge in [0, 0.05) is 25.6 Å². The van der Waals surface area contributed by atoms with Crippen LogP contribution in [0.2, 0.25) is 0 Å². The molecule has 158 valence electrons. The number of likely N-dealkylation sites (tertiary alicyclic amines) is 1. The van der Waals surface area contributed by atoms with Crippen molar-refractivity contribution in [1.82, 2.24) is 15.2 Å². The standard InChI is InChI=1S/C23H27N3O3S/c1-2-3-6-13-24-21(27)16-11-14-26(15-12-16)23(28)19-10-9-18(29-19)22-25-17-7-4-5-8-20(17)30-22/h4-5,7-10,16H,2-3,6,11-15H2,1H3,(H,24,27). The number of hydrogen-bond donors (Lipinski definition) is 1. The molecule has 1 N–H and O–H groups in total. The third-order valence-corrected chi connectivity index (χ3v) is 6.60. The first-order chi connectivity index (χ1) is 14.7. The molecule has 0 radical (unpaired) electrons. The number of fused-ring (bicyclic) bond motifs is 1. The van der Waals surface area contributed by atoms with Crippen molar-refractivity contribution in [3.63, 3.8) is 0 Å². The number of rotatable bonds is 7. The molecule has 30 heavy (non-hydrogen) atoms. The molecular formula is C23H27N3O3S. The Morgan fingerprint density at radius 1 is 1.17 bits per heavy atom. The Kier molecular flexibility index (Phi) is 6.47. The lowest BCUT2D eigenvalue weighted by Crippen LogP contribution is -2.43. The Bertz CT molecular complexity index is 985. The van der Waals surface area contributed by atoms with Crippen LogP contribution in [0.3, 0.4) is 0 Å². The number of amides is 2. The summed E-state index contributed by atoms with van der Waals surface area (Å²) in [5, 5.41) is 3.80. The van der Waals surface area contributed by atoms with Crippen LogP contribution in [0.25, 0.3) is 21.0 Å². The average Bonchev–Trinajstić information content (AvgIpc) is 3.43. The highest BCUT2D eigenvalue weighted by Crippen LogP contribution is 2.31. The van der Waals surface area contributed by atoms with E-state index in [1.54, 1.807) is 28.4 Å². The molecule has 0 atom stereocenters. The van der Waals surface area contributed by atoms with Gasteiger partial charge in [0.15, 0.2) is 16.5 Å². The number of nitrogens with one attached hydrogen (secondary N) is 1. The summed E-state index contributed by atoms with van der Waals surface area (Å²) in [6.07, 6.45) is 4.68. The van der Waals surface area contributed by atoms with Crippen LogP contribution in [0.5, 0.6) is 0 Å². The third-order valence-electron chi connectivity index (χ3n) is 5.55. The Morgan fingerprint density at radius 3 is 2.73 bits per heavy atom. The molecule has 1 aliphatic rings. The van der Waals surface area contributed by atoms with Crippen molar-refractivity contribution in [2.45, 2.75) is 39.0 Å². The minimum Gasteiger partial charge on any atom is -0.448 e. The Hall–Kier alpha value is -2.67. The van der Waals surface area contributed by atoms with E-state index in [-0.39, 0.29) is 17.7 Å². The van der Waals surface area contributed by atoms with Crippen LogP contribution in [0.4, 0.5) is 0 Å². The van der Waals surface area contributed by atoms with Gasteiger partial charge < -0.3 is 14.6 Å². The summed E-state index contributed by atoms with van der Waals surface area (Å²) >= 11 is 1.55. The van der Waals surface area contributed by atoms with Gasteiger partial charge in [-0.25, -0.2) is 4.98 Å². The molecule has 1 fully saturated rings. The van der Waals surface area contributed by atoms with Gasteiger partial charge in [0.05, 0.1) is 10.2 Å². The van der Waals surface area contributed by atoms with Crippen LogP contribution in [0, 0.1) is 5.92 Å². The lowest BCUT2D eigenvalue weighted by molar-refractivity contribution is -0.126. The van der Waals surface area contributed by atoms with Gasteiger partial charge in [-0.15, -0.1) is 11.3 Å². The first-order valence-electron chi connectivity index (χ1n) is 10.7. The second kappa shape index (κ2) is 9.43. The number of nitrogens with zero attached hydrogens (tertiary/aromatic N) is 2. The number of para-hydroxylation sites is 1. The number of hydrogen-bond acceptors (Lipinski definition) is 5. The molecule has 1 aliphatic heterocycles. The topological polar surface area (TPSA) is 75.4 Å². The summed E-state index contributed by atoms with van der Waals surface area (Å²) in [5.74, 6) is 0.927. The summed E-state index contributed by atoms with van der Waals surface area (Å²) in [5.41, 5.74) is 0.928. The maximum Gasteiger partial charge on any atom is 0.289 e. The van der Waals surface area contributed by atoms with Crippen molar-refractivity contribution in [1.29, 1.82) is 0 Å². The number of unbranched alkanes of at least 4 members (excludes halogenated alkanes) is 2. The van der Waals surface area contributed by atoms with E-state index in [0.717, 1.165) is 41.0 Å². The molecule has 0 aliphatic carbocycles. The molecule has 1 aromatic carbocycles. The molecule has 6 nitrogen and oxygen atoms in total. The van der Waals surface area contributed by atoms with E-state index in [1.165, 1.54) is 0 Å². The van der Waals surface area contributed by atoms with Crippen LogP contribution in [0.15, 0.2) is 40.8 Å². The minimum atomic E-state index is -0.121. The van der Waals surface area contributed by atoms with Crippen LogP contribution >= 0.6 is 11.3 Å². The summed E-state index contributed by atoms with van der Waals surface area (Å²) < 4.78 is 6.93. The van der Waals surface area contributed by atoms with Gasteiger partial charge in [0.1, 0.15) is 0 Å². The average molecular weight is 426 g/mol. The summed E-state index contributed by atoms with van der Waals surface area (Å²) in [7, 11) is 0. The fourth-order valence-corrected chi connectivity index (χ4v) is 4.70. The zero-order valence-corrected chi connectivity index (χ0v) is 18.0. The van der Waals surface area contributed by atoms with Crippen molar-refractivity contribution in [3.8, 4) is 10.8 Å². The Morgan fingerprint density at radius 2 is 1.97 bits per heavy atom. The number of piperidine rings is 1. The zero-order chi connectivity index (χ0) is 20.9. The molecule has 0 spiro atoms. The second-order valence-corrected chi connectivity index (χ2v) is 8.75. The van der Waals surface area contributed by atoms with Crippen LogP contribution < -0.4 is 5.32 Å². The molecule has 3 heterocycles. The van der Waals surface area contributed by atoms with Crippen molar-refractivity contribution in [2.24, 2.45) is 5.92 Å². The van der Waals surface area contributed by atoms with Gasteiger partial charge in [-0.3, -0.25) is 9.59 Å². The number of furan rings is 1. The minimum absolute atomic E-state index is 0.00872.